The summed E-state index contributed by atoms with van der Waals surface area (Å²) in [5.74, 6) is 0.0991. The molecule has 1 aliphatic rings. The van der Waals surface area contributed by atoms with Crippen molar-refractivity contribution >= 4 is 23.1 Å². The van der Waals surface area contributed by atoms with Crippen molar-refractivity contribution in [3.8, 4) is 0 Å². The second-order valence-electron chi connectivity index (χ2n) is 2.53. The summed E-state index contributed by atoms with van der Waals surface area (Å²) in [6, 6.07) is 0. The number of hydrogen-bond donors (Lipinski definition) is 2. The first-order chi connectivity index (χ1) is 6.27. The van der Waals surface area contributed by atoms with Gasteiger partial charge in [0.1, 0.15) is 17.7 Å². The van der Waals surface area contributed by atoms with Gasteiger partial charge in [0.25, 0.3) is 5.91 Å². The zero-order chi connectivity index (χ0) is 9.26. The van der Waals surface area contributed by atoms with Gasteiger partial charge in [0.15, 0.2) is 5.82 Å². The molecule has 0 saturated carbocycles. The molecule has 0 atom stereocenters. The van der Waals surface area contributed by atoms with Gasteiger partial charge in [-0.3, -0.25) is 4.79 Å². The number of aliphatic imine (C=N–C) groups is 1. The Morgan fingerprint density at radius 3 is 3.23 bits per heavy atom. The second-order valence-corrected chi connectivity index (χ2v) is 2.53. The number of carbonyl (C=O) groups excluding carboxylic acids is 1. The molecule has 66 valence electrons. The molecule has 0 fully saturated rings. The molecule has 1 amide bonds. The first kappa shape index (κ1) is 7.66. The quantitative estimate of drug-likeness (QED) is 0.602. The number of hydrogen-bond acceptors (Lipinski definition) is 5. The van der Waals surface area contributed by atoms with E-state index in [4.69, 9.17) is 5.73 Å². The van der Waals surface area contributed by atoms with E-state index in [9.17, 15) is 4.79 Å². The molecule has 13 heavy (non-hydrogen) atoms. The monoisotopic (exact) mass is 177 g/mol. The van der Waals surface area contributed by atoms with Crippen molar-refractivity contribution in [3.05, 3.63) is 12.5 Å². The van der Waals surface area contributed by atoms with Crippen LogP contribution in [0.2, 0.25) is 0 Å². The molecule has 2 heterocycles. The smallest absolute Gasteiger partial charge is 0.264 e. The van der Waals surface area contributed by atoms with Crippen LogP contribution in [-0.2, 0) is 4.79 Å². The molecule has 0 bridgehead atoms. The third-order valence-electron chi connectivity index (χ3n) is 1.66. The van der Waals surface area contributed by atoms with Crippen LogP contribution in [0.3, 0.4) is 0 Å². The summed E-state index contributed by atoms with van der Waals surface area (Å²) in [4.78, 5) is 22.5. The lowest BCUT2D eigenvalue weighted by Gasteiger charge is -2.13. The number of primary amides is 1. The summed E-state index contributed by atoms with van der Waals surface area (Å²) >= 11 is 0. The minimum atomic E-state index is -0.526. The zero-order valence-electron chi connectivity index (χ0n) is 6.69. The minimum absolute atomic E-state index is 0.294. The van der Waals surface area contributed by atoms with Crippen LogP contribution in [0.5, 0.6) is 0 Å². The average molecular weight is 177 g/mol. The van der Waals surface area contributed by atoms with Crippen molar-refractivity contribution in [2.24, 2.45) is 10.7 Å². The lowest BCUT2D eigenvalue weighted by molar-refractivity contribution is -0.112. The Labute approximate surface area is 73.9 Å². The summed E-state index contributed by atoms with van der Waals surface area (Å²) in [6.45, 7) is 0.319. The minimum Gasteiger partial charge on any atom is -0.364 e. The largest absolute Gasteiger partial charge is 0.364 e. The highest BCUT2D eigenvalue weighted by molar-refractivity contribution is 6.40. The molecular weight excluding hydrogens is 170 g/mol. The Hall–Kier alpha value is -1.98. The Balaban J connectivity index is 2.44. The molecule has 0 saturated heterocycles. The lowest BCUT2D eigenvalue weighted by atomic mass is 10.3. The molecule has 0 aliphatic carbocycles. The van der Waals surface area contributed by atoms with E-state index >= 15 is 0 Å². The van der Waals surface area contributed by atoms with Gasteiger partial charge in [-0.25, -0.2) is 15.0 Å². The number of aromatic nitrogens is 2. The Kier molecular flexibility index (Phi) is 1.66. The van der Waals surface area contributed by atoms with Crippen molar-refractivity contribution in [2.45, 2.75) is 0 Å². The molecule has 2 rings (SSSR count). The van der Waals surface area contributed by atoms with Crippen molar-refractivity contribution in [1.82, 2.24) is 9.97 Å². The fraction of sp³-hybridized carbons (Fsp3) is 0.143. The maximum absolute atomic E-state index is 10.8. The molecule has 0 aromatic carbocycles. The van der Waals surface area contributed by atoms with Crippen molar-refractivity contribution in [1.29, 1.82) is 0 Å². The molecule has 0 unspecified atom stereocenters. The average Bonchev–Trinajstić information content (AvgIpc) is 2.17. The molecule has 6 heteroatoms. The summed E-state index contributed by atoms with van der Waals surface area (Å²) in [5, 5.41) is 2.91. The summed E-state index contributed by atoms with van der Waals surface area (Å²) < 4.78 is 0. The van der Waals surface area contributed by atoms with E-state index in [0.29, 0.717) is 23.8 Å². The van der Waals surface area contributed by atoms with Gasteiger partial charge in [0, 0.05) is 0 Å². The highest BCUT2D eigenvalue weighted by atomic mass is 16.1. The molecular formula is C7H7N5O. The lowest BCUT2D eigenvalue weighted by Crippen LogP contribution is -2.31. The van der Waals surface area contributed by atoms with Crippen LogP contribution in [0.4, 0.5) is 11.5 Å². The fourth-order valence-electron chi connectivity index (χ4n) is 1.03. The number of anilines is 1. The van der Waals surface area contributed by atoms with Crippen LogP contribution in [0.1, 0.15) is 0 Å². The SMILES string of the molecule is NC(=O)C1=Nc2cncnc2NC1. The van der Waals surface area contributed by atoms with E-state index in [2.05, 4.69) is 20.3 Å². The van der Waals surface area contributed by atoms with E-state index in [-0.39, 0.29) is 0 Å². The molecule has 1 aliphatic heterocycles. The van der Waals surface area contributed by atoms with Gasteiger partial charge < -0.3 is 11.1 Å². The van der Waals surface area contributed by atoms with Crippen LogP contribution < -0.4 is 11.1 Å². The van der Waals surface area contributed by atoms with Crippen LogP contribution >= 0.6 is 0 Å². The Morgan fingerprint density at radius 2 is 2.46 bits per heavy atom. The number of rotatable bonds is 1. The van der Waals surface area contributed by atoms with Gasteiger partial charge in [-0.05, 0) is 0 Å². The van der Waals surface area contributed by atoms with Crippen molar-refractivity contribution in [3.63, 3.8) is 0 Å². The van der Waals surface area contributed by atoms with E-state index < -0.39 is 5.91 Å². The first-order valence-corrected chi connectivity index (χ1v) is 3.68. The number of fused-ring (bicyclic) bond motifs is 1. The van der Waals surface area contributed by atoms with E-state index in [1.807, 2.05) is 0 Å². The second kappa shape index (κ2) is 2.81. The molecule has 3 N–H and O–H groups in total. The van der Waals surface area contributed by atoms with Crippen LogP contribution in [-0.4, -0.2) is 28.1 Å². The molecule has 6 nitrogen and oxygen atoms in total. The number of carbonyl (C=O) groups is 1. The Bertz CT molecular complexity index is 386. The third-order valence-corrected chi connectivity index (χ3v) is 1.66. The predicted molar refractivity (Wildman–Crippen MR) is 46.8 cm³/mol. The fourth-order valence-corrected chi connectivity index (χ4v) is 1.03. The van der Waals surface area contributed by atoms with Crippen LogP contribution in [0.15, 0.2) is 17.5 Å². The first-order valence-electron chi connectivity index (χ1n) is 3.68. The van der Waals surface area contributed by atoms with Gasteiger partial charge >= 0.3 is 0 Å². The number of amides is 1. The van der Waals surface area contributed by atoms with Gasteiger partial charge in [0.2, 0.25) is 0 Å². The highest BCUT2D eigenvalue weighted by Crippen LogP contribution is 2.22. The highest BCUT2D eigenvalue weighted by Gasteiger charge is 2.15. The van der Waals surface area contributed by atoms with Gasteiger partial charge in [-0.15, -0.1) is 0 Å². The standard InChI is InChI=1S/C7H7N5O/c8-6(13)4-2-10-7-5(12-4)1-9-3-11-7/h1,3H,2H2,(H2,8,13)(H,9,10,11). The molecule has 0 radical (unpaired) electrons. The normalized spacial score (nSPS) is 14.0. The van der Waals surface area contributed by atoms with E-state index in [1.165, 1.54) is 12.5 Å². The summed E-state index contributed by atoms with van der Waals surface area (Å²) in [5.41, 5.74) is 5.91. The maximum Gasteiger partial charge on any atom is 0.264 e. The van der Waals surface area contributed by atoms with Crippen LogP contribution in [0, 0.1) is 0 Å². The topological polar surface area (TPSA) is 93.3 Å². The number of nitrogens with zero attached hydrogens (tertiary/aromatic N) is 3. The number of nitrogens with one attached hydrogen (secondary N) is 1. The van der Waals surface area contributed by atoms with Crippen molar-refractivity contribution in [2.75, 3.05) is 11.9 Å². The van der Waals surface area contributed by atoms with E-state index in [1.54, 1.807) is 0 Å². The molecule has 1 aromatic heterocycles. The summed E-state index contributed by atoms with van der Waals surface area (Å²) in [6.07, 6.45) is 2.94. The molecule has 1 aromatic rings. The zero-order valence-corrected chi connectivity index (χ0v) is 6.69. The van der Waals surface area contributed by atoms with Gasteiger partial charge in [-0.1, -0.05) is 0 Å². The third kappa shape index (κ3) is 1.33. The van der Waals surface area contributed by atoms with E-state index in [0.717, 1.165) is 0 Å². The maximum atomic E-state index is 10.8. The predicted octanol–water partition coefficient (Wildman–Crippen LogP) is -0.540. The Morgan fingerprint density at radius 1 is 1.62 bits per heavy atom. The molecule has 0 spiro atoms. The van der Waals surface area contributed by atoms with Gasteiger partial charge in [-0.2, -0.15) is 0 Å². The summed E-state index contributed by atoms with van der Waals surface area (Å²) in [7, 11) is 0. The van der Waals surface area contributed by atoms with Crippen molar-refractivity contribution < 1.29 is 4.79 Å². The van der Waals surface area contributed by atoms with Crippen LogP contribution in [0.25, 0.3) is 0 Å². The number of nitrogens with two attached hydrogens (primary N) is 1. The van der Waals surface area contributed by atoms with Gasteiger partial charge in [0.05, 0.1) is 12.7 Å².